The van der Waals surface area contributed by atoms with Gasteiger partial charge < -0.3 is 14.5 Å². The minimum Gasteiger partial charge on any atom is -0.497 e. The van der Waals surface area contributed by atoms with Crippen LogP contribution in [0.4, 0.5) is 14.7 Å². The number of nitrogens with one attached hydrogen (secondary N) is 1. The van der Waals surface area contributed by atoms with Crippen LogP contribution in [0.5, 0.6) is 5.75 Å². The lowest BCUT2D eigenvalue weighted by Gasteiger charge is -2.43. The summed E-state index contributed by atoms with van der Waals surface area (Å²) in [5, 5.41) is 10.3. The zero-order valence-corrected chi connectivity index (χ0v) is 16.5. The van der Waals surface area contributed by atoms with Gasteiger partial charge in [-0.25, -0.2) is 9.97 Å². The number of benzene rings is 1. The molecule has 4 rings (SSSR count). The molecule has 2 aromatic heterocycles. The van der Waals surface area contributed by atoms with Crippen LogP contribution in [0.2, 0.25) is 0 Å². The predicted molar refractivity (Wildman–Crippen MR) is 104 cm³/mol. The molecule has 1 fully saturated rings. The molecule has 7 nitrogen and oxygen atoms in total. The summed E-state index contributed by atoms with van der Waals surface area (Å²) >= 11 is 0. The van der Waals surface area contributed by atoms with E-state index in [2.05, 4.69) is 25.5 Å². The molecule has 0 radical (unpaired) electrons. The molecule has 29 heavy (non-hydrogen) atoms. The van der Waals surface area contributed by atoms with Crippen LogP contribution in [-0.4, -0.2) is 27.3 Å². The lowest BCUT2D eigenvalue weighted by molar-refractivity contribution is 0.116. The molecule has 1 aliphatic carbocycles. The zero-order chi connectivity index (χ0) is 20.9. The van der Waals surface area contributed by atoms with Gasteiger partial charge in [0, 0.05) is 12.4 Å². The van der Waals surface area contributed by atoms with Crippen molar-refractivity contribution in [3.05, 3.63) is 48.1 Å². The van der Waals surface area contributed by atoms with Crippen molar-refractivity contribution in [1.82, 2.24) is 20.2 Å². The van der Waals surface area contributed by atoms with Crippen molar-refractivity contribution in [3.63, 3.8) is 0 Å². The first-order chi connectivity index (χ1) is 14.1. The molecule has 0 bridgehead atoms. The van der Waals surface area contributed by atoms with Crippen LogP contribution in [0.25, 0.3) is 11.5 Å². The first kappa shape index (κ1) is 20.6. The quantitative estimate of drug-likeness (QED) is 0.620. The van der Waals surface area contributed by atoms with Gasteiger partial charge in [0.25, 0.3) is 11.8 Å². The first-order valence-corrected chi connectivity index (χ1v) is 9.46. The van der Waals surface area contributed by atoms with Gasteiger partial charge >= 0.3 is 6.43 Å². The summed E-state index contributed by atoms with van der Waals surface area (Å²) in [6, 6.07) is 7.91. The Bertz CT molecular complexity index is 927. The van der Waals surface area contributed by atoms with E-state index in [4.69, 9.17) is 9.15 Å². The van der Waals surface area contributed by atoms with Crippen molar-refractivity contribution in [2.24, 2.45) is 0 Å². The Balaban J connectivity index is 0.00000117. The lowest BCUT2D eigenvalue weighted by atomic mass is 9.72. The summed E-state index contributed by atoms with van der Waals surface area (Å²) in [6.07, 6.45) is 3.13. The highest BCUT2D eigenvalue weighted by Crippen LogP contribution is 2.44. The number of rotatable bonds is 6. The molecule has 1 N–H and O–H groups in total. The number of aromatic nitrogens is 4. The molecule has 0 aliphatic heterocycles. The van der Waals surface area contributed by atoms with Crippen LogP contribution < -0.4 is 10.1 Å². The van der Waals surface area contributed by atoms with Gasteiger partial charge in [-0.1, -0.05) is 26.0 Å². The summed E-state index contributed by atoms with van der Waals surface area (Å²) in [7, 11) is 1.64. The van der Waals surface area contributed by atoms with Gasteiger partial charge in [0.15, 0.2) is 0 Å². The van der Waals surface area contributed by atoms with E-state index < -0.39 is 12.3 Å². The maximum atomic E-state index is 12.6. The second kappa shape index (κ2) is 8.93. The largest absolute Gasteiger partial charge is 0.497 e. The molecule has 3 aromatic rings. The topological polar surface area (TPSA) is 86.0 Å². The SMILES string of the molecule is CC.COc1cccc(C2(Nc3ncc(-c4nnc(C(F)F)o4)cn3)CCC2)c1. The minimum atomic E-state index is -2.81. The Morgan fingerprint density at radius 1 is 1.14 bits per heavy atom. The van der Waals surface area contributed by atoms with Gasteiger partial charge in [0.1, 0.15) is 5.75 Å². The summed E-state index contributed by atoms with van der Waals surface area (Å²) in [4.78, 5) is 8.55. The highest BCUT2D eigenvalue weighted by atomic mass is 19.3. The third-order valence-corrected chi connectivity index (χ3v) is 4.71. The van der Waals surface area contributed by atoms with Crippen LogP contribution in [0.3, 0.4) is 0 Å². The number of hydrogen-bond acceptors (Lipinski definition) is 7. The lowest BCUT2D eigenvalue weighted by Crippen LogP contribution is -2.42. The van der Waals surface area contributed by atoms with Crippen LogP contribution in [0, 0.1) is 0 Å². The molecule has 0 saturated heterocycles. The number of alkyl halides is 2. The average molecular weight is 403 g/mol. The van der Waals surface area contributed by atoms with Crippen LogP contribution in [0.1, 0.15) is 51.0 Å². The smallest absolute Gasteiger partial charge is 0.314 e. The first-order valence-electron chi connectivity index (χ1n) is 9.46. The fourth-order valence-electron chi connectivity index (χ4n) is 3.09. The van der Waals surface area contributed by atoms with E-state index in [1.165, 1.54) is 12.4 Å². The maximum Gasteiger partial charge on any atom is 0.314 e. The highest BCUT2D eigenvalue weighted by Gasteiger charge is 2.39. The average Bonchev–Trinajstić information content (AvgIpc) is 3.23. The Labute approximate surface area is 167 Å². The Kier molecular flexibility index (Phi) is 6.36. The third-order valence-electron chi connectivity index (χ3n) is 4.71. The van der Waals surface area contributed by atoms with Crippen molar-refractivity contribution < 1.29 is 17.9 Å². The summed E-state index contributed by atoms with van der Waals surface area (Å²) in [5.74, 6) is 0.472. The van der Waals surface area contributed by atoms with Crippen molar-refractivity contribution in [2.75, 3.05) is 12.4 Å². The van der Waals surface area contributed by atoms with Gasteiger partial charge in [-0.2, -0.15) is 8.78 Å². The fraction of sp³-hybridized carbons (Fsp3) is 0.400. The van der Waals surface area contributed by atoms with Crippen LogP contribution >= 0.6 is 0 Å². The Hall–Kier alpha value is -3.10. The Morgan fingerprint density at radius 2 is 1.86 bits per heavy atom. The van der Waals surface area contributed by atoms with Crippen molar-refractivity contribution >= 4 is 5.95 Å². The number of anilines is 1. The van der Waals surface area contributed by atoms with E-state index in [1.54, 1.807) is 7.11 Å². The van der Waals surface area contributed by atoms with E-state index in [0.29, 0.717) is 11.5 Å². The Morgan fingerprint density at radius 3 is 2.41 bits per heavy atom. The van der Waals surface area contributed by atoms with Crippen LogP contribution in [-0.2, 0) is 5.54 Å². The molecule has 154 valence electrons. The summed E-state index contributed by atoms with van der Waals surface area (Å²) in [6.45, 7) is 4.00. The second-order valence-corrected chi connectivity index (χ2v) is 6.33. The molecule has 0 atom stereocenters. The van der Waals surface area contributed by atoms with E-state index in [-0.39, 0.29) is 11.4 Å². The molecule has 2 heterocycles. The van der Waals surface area contributed by atoms with Gasteiger partial charge in [0.2, 0.25) is 5.95 Å². The monoisotopic (exact) mass is 403 g/mol. The number of nitrogens with zero attached hydrogens (tertiary/aromatic N) is 4. The van der Waals surface area contributed by atoms with Gasteiger partial charge in [0.05, 0.1) is 18.2 Å². The van der Waals surface area contributed by atoms with E-state index in [9.17, 15) is 8.78 Å². The number of ether oxygens (including phenoxy) is 1. The molecule has 0 spiro atoms. The molecular weight excluding hydrogens is 380 g/mol. The summed E-state index contributed by atoms with van der Waals surface area (Å²) < 4.78 is 35.3. The molecule has 9 heteroatoms. The molecule has 1 aliphatic rings. The summed E-state index contributed by atoms with van der Waals surface area (Å²) in [5.41, 5.74) is 1.24. The maximum absolute atomic E-state index is 12.6. The molecule has 1 saturated carbocycles. The van der Waals surface area contributed by atoms with E-state index in [1.807, 2.05) is 38.1 Å². The fourth-order valence-corrected chi connectivity index (χ4v) is 3.09. The minimum absolute atomic E-state index is 0.0389. The molecular formula is C20H23F2N5O2. The van der Waals surface area contributed by atoms with Crippen molar-refractivity contribution in [3.8, 4) is 17.2 Å². The normalized spacial score (nSPS) is 14.6. The van der Waals surface area contributed by atoms with E-state index >= 15 is 0 Å². The molecule has 0 unspecified atom stereocenters. The highest BCUT2D eigenvalue weighted by molar-refractivity contribution is 5.51. The van der Waals surface area contributed by atoms with Crippen LogP contribution in [0.15, 0.2) is 41.1 Å². The molecule has 0 amide bonds. The van der Waals surface area contributed by atoms with Crippen molar-refractivity contribution in [1.29, 1.82) is 0 Å². The van der Waals surface area contributed by atoms with Gasteiger partial charge in [-0.3, -0.25) is 0 Å². The number of halogens is 2. The second-order valence-electron chi connectivity index (χ2n) is 6.33. The van der Waals surface area contributed by atoms with Gasteiger partial charge in [-0.05, 0) is 37.0 Å². The predicted octanol–water partition coefficient (Wildman–Crippen LogP) is 4.99. The number of methoxy groups -OCH3 is 1. The van der Waals surface area contributed by atoms with Gasteiger partial charge in [-0.15, -0.1) is 10.2 Å². The standard InChI is InChI=1S/C18H17F2N5O2.C2H6/c1-26-13-5-2-4-12(8-13)18(6-3-7-18)23-17-21-9-11(10-22-17)15-24-25-16(27-15)14(19)20;1-2/h2,4-5,8-10,14H,3,6-7H2,1H3,(H,21,22,23);1-2H3. The van der Waals surface area contributed by atoms with E-state index in [0.717, 1.165) is 30.6 Å². The third kappa shape index (κ3) is 4.33. The molecule has 1 aromatic carbocycles. The number of hydrogen-bond donors (Lipinski definition) is 1. The zero-order valence-electron chi connectivity index (χ0n) is 16.5. The van der Waals surface area contributed by atoms with Crippen molar-refractivity contribution in [2.45, 2.75) is 45.1 Å².